The van der Waals surface area contributed by atoms with Gasteiger partial charge < -0.3 is 25.5 Å². The number of rotatable bonds is 7. The van der Waals surface area contributed by atoms with Crippen molar-refractivity contribution < 1.29 is 14.7 Å². The minimum absolute atomic E-state index is 0. The lowest BCUT2D eigenvalue weighted by Gasteiger charge is -2.23. The van der Waals surface area contributed by atoms with Gasteiger partial charge in [0, 0.05) is 36.4 Å². The van der Waals surface area contributed by atoms with Crippen molar-refractivity contribution in [2.75, 3.05) is 48.3 Å². The van der Waals surface area contributed by atoms with Gasteiger partial charge in [-0.15, -0.1) is 12.4 Å². The number of benzene rings is 3. The summed E-state index contributed by atoms with van der Waals surface area (Å²) in [5, 5.41) is 16.0. The van der Waals surface area contributed by atoms with Crippen LogP contribution in [-0.2, 0) is 0 Å². The molecule has 7 nitrogen and oxygen atoms in total. The predicted molar refractivity (Wildman–Crippen MR) is 152 cm³/mol. The van der Waals surface area contributed by atoms with Crippen LogP contribution in [0.3, 0.4) is 0 Å². The molecule has 0 atom stereocenters. The summed E-state index contributed by atoms with van der Waals surface area (Å²) >= 11 is 0. The average Bonchev–Trinajstić information content (AvgIpc) is 3.12. The molecule has 0 bridgehead atoms. The highest BCUT2D eigenvalue weighted by Gasteiger charge is 2.17. The van der Waals surface area contributed by atoms with Gasteiger partial charge in [-0.3, -0.25) is 9.59 Å². The van der Waals surface area contributed by atoms with Crippen LogP contribution in [0, 0.1) is 6.92 Å². The largest absolute Gasteiger partial charge is 0.506 e. The van der Waals surface area contributed by atoms with Gasteiger partial charge >= 0.3 is 0 Å². The van der Waals surface area contributed by atoms with Crippen LogP contribution in [0.25, 0.3) is 0 Å². The lowest BCUT2D eigenvalue weighted by Crippen LogP contribution is -2.31. The standard InChI is InChI=1S/C29H34N4O3.ClH/c1-3-16-32-17-5-18-33(20-19-32)24-14-12-23(13-15-24)29(36)31-27-25(6-4-7-26(27)34)30-28(35)22-10-8-21(2)9-11-22;/h4,6-15,34H,3,5,16-20H2,1-2H3,(H,30,35)(H,31,36);1H. The SMILES string of the molecule is CCCN1CCCN(c2ccc(C(=O)Nc3c(O)cccc3NC(=O)c3ccc(C)cc3)cc2)CC1.Cl. The number of nitrogens with one attached hydrogen (secondary N) is 2. The lowest BCUT2D eigenvalue weighted by atomic mass is 10.1. The van der Waals surface area contributed by atoms with Crippen LogP contribution in [-0.4, -0.2) is 54.5 Å². The molecule has 1 heterocycles. The van der Waals surface area contributed by atoms with Crippen LogP contribution in [0.2, 0.25) is 0 Å². The highest BCUT2D eigenvalue weighted by Crippen LogP contribution is 2.32. The van der Waals surface area contributed by atoms with Gasteiger partial charge in [0.1, 0.15) is 11.4 Å². The first-order chi connectivity index (χ1) is 17.4. The fourth-order valence-corrected chi connectivity index (χ4v) is 4.45. The quantitative estimate of drug-likeness (QED) is 0.354. The summed E-state index contributed by atoms with van der Waals surface area (Å²) in [6, 6.07) is 19.4. The zero-order valence-corrected chi connectivity index (χ0v) is 22.2. The van der Waals surface area contributed by atoms with E-state index >= 15 is 0 Å². The Bertz CT molecular complexity index is 1200. The van der Waals surface area contributed by atoms with Crippen molar-refractivity contribution >= 4 is 41.3 Å². The minimum atomic E-state index is -0.362. The summed E-state index contributed by atoms with van der Waals surface area (Å²) in [6.07, 6.45) is 2.28. The fraction of sp³-hybridized carbons (Fsp3) is 0.310. The number of aryl methyl sites for hydroxylation is 1. The molecule has 3 N–H and O–H groups in total. The number of hydrogen-bond acceptors (Lipinski definition) is 5. The van der Waals surface area contributed by atoms with Crippen LogP contribution in [0.1, 0.15) is 46.0 Å². The van der Waals surface area contributed by atoms with Crippen molar-refractivity contribution in [2.45, 2.75) is 26.7 Å². The van der Waals surface area contributed by atoms with Gasteiger partial charge in [0.15, 0.2) is 0 Å². The molecule has 1 fully saturated rings. The minimum Gasteiger partial charge on any atom is -0.506 e. The second kappa shape index (κ2) is 13.1. The Kier molecular flexibility index (Phi) is 9.94. The topological polar surface area (TPSA) is 84.9 Å². The summed E-state index contributed by atoms with van der Waals surface area (Å²) in [7, 11) is 0. The molecule has 4 rings (SSSR count). The van der Waals surface area contributed by atoms with E-state index in [9.17, 15) is 14.7 Å². The molecule has 0 radical (unpaired) electrons. The smallest absolute Gasteiger partial charge is 0.255 e. The lowest BCUT2D eigenvalue weighted by molar-refractivity contribution is 0.101. The first-order valence-corrected chi connectivity index (χ1v) is 12.5. The van der Waals surface area contributed by atoms with Crippen molar-refractivity contribution in [3.8, 4) is 5.75 Å². The van der Waals surface area contributed by atoms with Gasteiger partial charge in [-0.2, -0.15) is 0 Å². The summed E-state index contributed by atoms with van der Waals surface area (Å²) < 4.78 is 0. The van der Waals surface area contributed by atoms with E-state index in [0.717, 1.165) is 56.8 Å². The highest BCUT2D eigenvalue weighted by atomic mass is 35.5. The van der Waals surface area contributed by atoms with E-state index in [1.807, 2.05) is 31.2 Å². The van der Waals surface area contributed by atoms with E-state index in [2.05, 4.69) is 27.4 Å². The number of nitrogens with zero attached hydrogens (tertiary/aromatic N) is 2. The van der Waals surface area contributed by atoms with E-state index in [-0.39, 0.29) is 35.7 Å². The zero-order valence-electron chi connectivity index (χ0n) is 21.4. The van der Waals surface area contributed by atoms with Gasteiger partial charge in [-0.05, 0) is 81.4 Å². The maximum Gasteiger partial charge on any atom is 0.255 e. The third kappa shape index (κ3) is 7.24. The molecule has 0 saturated carbocycles. The Balaban J connectivity index is 0.00000380. The van der Waals surface area contributed by atoms with E-state index in [1.165, 1.54) is 6.07 Å². The van der Waals surface area contributed by atoms with Gasteiger partial charge in [0.25, 0.3) is 11.8 Å². The van der Waals surface area contributed by atoms with Crippen LogP contribution < -0.4 is 15.5 Å². The Morgan fingerprint density at radius 3 is 2.16 bits per heavy atom. The Morgan fingerprint density at radius 1 is 0.838 bits per heavy atom. The highest BCUT2D eigenvalue weighted by molar-refractivity contribution is 6.11. The first-order valence-electron chi connectivity index (χ1n) is 12.5. The second-order valence-electron chi connectivity index (χ2n) is 9.20. The van der Waals surface area contributed by atoms with Crippen molar-refractivity contribution in [3.05, 3.63) is 83.4 Å². The van der Waals surface area contributed by atoms with Gasteiger partial charge in [0.2, 0.25) is 0 Å². The van der Waals surface area contributed by atoms with E-state index in [4.69, 9.17) is 0 Å². The summed E-state index contributed by atoms with van der Waals surface area (Å²) in [5.41, 5.74) is 3.60. The molecule has 0 aliphatic carbocycles. The molecule has 1 aliphatic heterocycles. The summed E-state index contributed by atoms with van der Waals surface area (Å²) in [4.78, 5) is 30.6. The number of amides is 2. The molecule has 37 heavy (non-hydrogen) atoms. The number of carbonyl (C=O) groups excluding carboxylic acids is 2. The van der Waals surface area contributed by atoms with Gasteiger partial charge in [-0.1, -0.05) is 30.7 Å². The summed E-state index contributed by atoms with van der Waals surface area (Å²) in [5.74, 6) is -0.808. The average molecular weight is 523 g/mol. The fourth-order valence-electron chi connectivity index (χ4n) is 4.45. The Labute approximate surface area is 224 Å². The molecule has 0 aromatic heterocycles. The predicted octanol–water partition coefficient (Wildman–Crippen LogP) is 5.55. The number of carbonyl (C=O) groups is 2. The Morgan fingerprint density at radius 2 is 1.49 bits per heavy atom. The number of phenolic OH excluding ortho intramolecular Hbond substituents is 1. The van der Waals surface area contributed by atoms with Crippen molar-refractivity contribution in [2.24, 2.45) is 0 Å². The molecule has 3 aromatic rings. The Hall–Kier alpha value is -3.55. The molecular formula is C29H35ClN4O3. The van der Waals surface area contributed by atoms with Crippen LogP contribution in [0.5, 0.6) is 5.75 Å². The third-order valence-electron chi connectivity index (χ3n) is 6.47. The molecule has 8 heteroatoms. The van der Waals surface area contributed by atoms with Crippen molar-refractivity contribution in [3.63, 3.8) is 0 Å². The maximum atomic E-state index is 13.0. The van der Waals surface area contributed by atoms with Crippen LogP contribution in [0.4, 0.5) is 17.1 Å². The van der Waals surface area contributed by atoms with E-state index in [0.29, 0.717) is 16.8 Å². The van der Waals surface area contributed by atoms with Crippen molar-refractivity contribution in [1.29, 1.82) is 0 Å². The first kappa shape index (κ1) is 28.0. The molecule has 2 amide bonds. The molecule has 1 saturated heterocycles. The third-order valence-corrected chi connectivity index (χ3v) is 6.47. The number of aromatic hydroxyl groups is 1. The van der Waals surface area contributed by atoms with Crippen molar-refractivity contribution in [1.82, 2.24) is 4.90 Å². The van der Waals surface area contributed by atoms with E-state index < -0.39 is 0 Å². The number of phenols is 1. The maximum absolute atomic E-state index is 13.0. The molecule has 0 unspecified atom stereocenters. The number of anilines is 3. The van der Waals surface area contributed by atoms with E-state index in [1.54, 1.807) is 36.4 Å². The summed E-state index contributed by atoms with van der Waals surface area (Å²) in [6.45, 7) is 9.41. The molecule has 3 aromatic carbocycles. The number of para-hydroxylation sites is 1. The monoisotopic (exact) mass is 522 g/mol. The number of hydrogen-bond donors (Lipinski definition) is 3. The van der Waals surface area contributed by atoms with Gasteiger partial charge in [-0.25, -0.2) is 0 Å². The molecular weight excluding hydrogens is 488 g/mol. The van der Waals surface area contributed by atoms with Gasteiger partial charge in [0.05, 0.1) is 5.69 Å². The molecule has 1 aliphatic rings. The molecule has 196 valence electrons. The molecule has 0 spiro atoms. The second-order valence-corrected chi connectivity index (χ2v) is 9.20. The number of halogens is 1. The van der Waals surface area contributed by atoms with Crippen LogP contribution in [0.15, 0.2) is 66.7 Å². The normalized spacial score (nSPS) is 13.8. The van der Waals surface area contributed by atoms with Crippen LogP contribution >= 0.6 is 12.4 Å². The zero-order chi connectivity index (χ0) is 25.5.